The van der Waals surface area contributed by atoms with Crippen molar-refractivity contribution in [3.05, 3.63) is 82.9 Å². The fourth-order valence-corrected chi connectivity index (χ4v) is 2.89. The zero-order chi connectivity index (χ0) is 19.8. The van der Waals surface area contributed by atoms with Gasteiger partial charge in [-0.05, 0) is 61.7 Å². The third-order valence-corrected chi connectivity index (χ3v) is 4.61. The average Bonchev–Trinajstić information content (AvgIpc) is 2.98. The van der Waals surface area contributed by atoms with Crippen LogP contribution in [0.1, 0.15) is 42.8 Å². The van der Waals surface area contributed by atoms with E-state index in [0.717, 1.165) is 40.4 Å². The van der Waals surface area contributed by atoms with E-state index < -0.39 is 0 Å². The first-order valence-corrected chi connectivity index (χ1v) is 9.56. The Balaban J connectivity index is 1.55. The Hall–Kier alpha value is -2.85. The van der Waals surface area contributed by atoms with Crippen molar-refractivity contribution >= 4 is 12.2 Å². The Morgan fingerprint density at radius 1 is 1.07 bits per heavy atom. The van der Waals surface area contributed by atoms with Crippen LogP contribution in [0, 0.1) is 0 Å². The van der Waals surface area contributed by atoms with Crippen molar-refractivity contribution in [3.63, 3.8) is 0 Å². The van der Waals surface area contributed by atoms with Crippen LogP contribution in [0.15, 0.2) is 60.4 Å². The number of allylic oxidation sites excluding steroid dienone is 3. The normalized spacial score (nSPS) is 14.3. The Labute approximate surface area is 167 Å². The molecule has 1 aliphatic carbocycles. The lowest BCUT2D eigenvalue weighted by atomic mass is 10.1. The highest BCUT2D eigenvalue weighted by atomic mass is 16.5. The quantitative estimate of drug-likeness (QED) is 0.566. The molecule has 0 amide bonds. The van der Waals surface area contributed by atoms with Crippen molar-refractivity contribution < 1.29 is 14.2 Å². The van der Waals surface area contributed by atoms with Gasteiger partial charge in [0.1, 0.15) is 30.8 Å². The monoisotopic (exact) mass is 377 g/mol. The molecule has 1 heterocycles. The first-order chi connectivity index (χ1) is 13.7. The summed E-state index contributed by atoms with van der Waals surface area (Å²) < 4.78 is 17.0. The zero-order valence-corrected chi connectivity index (χ0v) is 16.7. The summed E-state index contributed by atoms with van der Waals surface area (Å²) in [6.45, 7) is 4.85. The number of aromatic nitrogens is 1. The second kappa shape index (κ2) is 9.90. The van der Waals surface area contributed by atoms with Gasteiger partial charge >= 0.3 is 0 Å². The molecule has 1 aromatic carbocycles. The van der Waals surface area contributed by atoms with Crippen LogP contribution < -0.4 is 4.74 Å². The van der Waals surface area contributed by atoms with Crippen LogP contribution in [0.2, 0.25) is 0 Å². The lowest BCUT2D eigenvalue weighted by Gasteiger charge is -2.16. The van der Waals surface area contributed by atoms with E-state index in [1.165, 1.54) is 0 Å². The van der Waals surface area contributed by atoms with Gasteiger partial charge in [-0.15, -0.1) is 0 Å². The molecular weight excluding hydrogens is 350 g/mol. The molecule has 0 N–H and O–H groups in total. The minimum Gasteiger partial charge on any atom is -0.491 e. The highest BCUT2D eigenvalue weighted by molar-refractivity contribution is 5.64. The van der Waals surface area contributed by atoms with Gasteiger partial charge in [-0.2, -0.15) is 0 Å². The number of fused-ring (bicyclic) bond motifs is 1. The average molecular weight is 377 g/mol. The Morgan fingerprint density at radius 3 is 2.61 bits per heavy atom. The number of nitrogens with zero attached hydrogens (tertiary/aromatic N) is 1. The Morgan fingerprint density at radius 2 is 1.86 bits per heavy atom. The van der Waals surface area contributed by atoms with Crippen LogP contribution in [0.4, 0.5) is 0 Å². The van der Waals surface area contributed by atoms with Crippen LogP contribution in [0.5, 0.6) is 5.75 Å². The summed E-state index contributed by atoms with van der Waals surface area (Å²) in [5.41, 5.74) is 4.13. The molecule has 0 spiro atoms. The molecule has 28 heavy (non-hydrogen) atoms. The van der Waals surface area contributed by atoms with Gasteiger partial charge in [0.2, 0.25) is 0 Å². The standard InChI is InChI=1S/C24H27NO3/c1-4-24(18(2)26-3)28-16-19-10-14-22(15-11-19)27-17-21-13-12-20-8-6-5-7-9-23(20)25-21/h4,6-15,18H,5,16-17H2,1-3H3/b24-4+. The van der Waals surface area contributed by atoms with Crippen molar-refractivity contribution in [3.8, 4) is 5.75 Å². The summed E-state index contributed by atoms with van der Waals surface area (Å²) in [5.74, 6) is 1.65. The molecule has 2 aromatic rings. The van der Waals surface area contributed by atoms with Gasteiger partial charge in [0.15, 0.2) is 0 Å². The van der Waals surface area contributed by atoms with E-state index in [9.17, 15) is 0 Å². The largest absolute Gasteiger partial charge is 0.491 e. The van der Waals surface area contributed by atoms with Crippen molar-refractivity contribution in [2.75, 3.05) is 7.11 Å². The smallest absolute Gasteiger partial charge is 0.130 e. The van der Waals surface area contributed by atoms with Gasteiger partial charge in [0.25, 0.3) is 0 Å². The lowest BCUT2D eigenvalue weighted by molar-refractivity contribution is 0.0683. The van der Waals surface area contributed by atoms with Crippen LogP contribution in [0.25, 0.3) is 12.2 Å². The van der Waals surface area contributed by atoms with Crippen molar-refractivity contribution in [1.82, 2.24) is 4.98 Å². The number of ether oxygens (including phenoxy) is 3. The fourth-order valence-electron chi connectivity index (χ4n) is 2.89. The molecule has 0 bridgehead atoms. The fraction of sp³-hybridized carbons (Fsp3) is 0.292. The Kier molecular flexibility index (Phi) is 7.04. The van der Waals surface area contributed by atoms with E-state index in [-0.39, 0.29) is 6.10 Å². The van der Waals surface area contributed by atoms with Gasteiger partial charge in [-0.1, -0.05) is 36.4 Å². The molecule has 4 nitrogen and oxygen atoms in total. The predicted molar refractivity (Wildman–Crippen MR) is 113 cm³/mol. The first kappa shape index (κ1) is 19.9. The molecule has 146 valence electrons. The highest BCUT2D eigenvalue weighted by Gasteiger charge is 2.08. The molecule has 0 aliphatic heterocycles. The van der Waals surface area contributed by atoms with E-state index in [4.69, 9.17) is 14.2 Å². The summed E-state index contributed by atoms with van der Waals surface area (Å²) in [5, 5.41) is 0. The molecular formula is C24H27NO3. The third-order valence-electron chi connectivity index (χ3n) is 4.61. The van der Waals surface area contributed by atoms with E-state index in [1.54, 1.807) is 7.11 Å². The maximum absolute atomic E-state index is 5.89. The number of rotatable bonds is 8. The molecule has 1 aliphatic rings. The topological polar surface area (TPSA) is 40.6 Å². The van der Waals surface area contributed by atoms with E-state index in [1.807, 2.05) is 50.3 Å². The maximum atomic E-state index is 5.89. The molecule has 1 unspecified atom stereocenters. The zero-order valence-electron chi connectivity index (χ0n) is 16.7. The van der Waals surface area contributed by atoms with Crippen LogP contribution in [-0.4, -0.2) is 18.2 Å². The molecule has 1 atom stereocenters. The molecule has 0 radical (unpaired) electrons. The van der Waals surface area contributed by atoms with Gasteiger partial charge in [-0.25, -0.2) is 4.98 Å². The second-order valence-corrected chi connectivity index (χ2v) is 6.61. The number of pyridine rings is 1. The summed E-state index contributed by atoms with van der Waals surface area (Å²) in [6.07, 6.45) is 11.3. The molecule has 1 aromatic heterocycles. The maximum Gasteiger partial charge on any atom is 0.130 e. The van der Waals surface area contributed by atoms with Gasteiger partial charge in [-0.3, -0.25) is 0 Å². The lowest BCUT2D eigenvalue weighted by Crippen LogP contribution is -2.11. The van der Waals surface area contributed by atoms with Crippen LogP contribution >= 0.6 is 0 Å². The van der Waals surface area contributed by atoms with Gasteiger partial charge in [0.05, 0.1) is 11.4 Å². The van der Waals surface area contributed by atoms with Crippen LogP contribution in [-0.2, 0) is 22.7 Å². The van der Waals surface area contributed by atoms with Crippen molar-refractivity contribution in [1.29, 1.82) is 0 Å². The number of hydrogen-bond acceptors (Lipinski definition) is 4. The summed E-state index contributed by atoms with van der Waals surface area (Å²) in [4.78, 5) is 4.69. The number of hydrogen-bond donors (Lipinski definition) is 0. The summed E-state index contributed by atoms with van der Waals surface area (Å²) >= 11 is 0. The second-order valence-electron chi connectivity index (χ2n) is 6.61. The molecule has 0 saturated heterocycles. The first-order valence-electron chi connectivity index (χ1n) is 9.56. The number of methoxy groups -OCH3 is 1. The van der Waals surface area contributed by atoms with Crippen molar-refractivity contribution in [2.45, 2.75) is 39.6 Å². The molecule has 0 saturated carbocycles. The predicted octanol–water partition coefficient (Wildman–Crippen LogP) is 5.55. The van der Waals surface area contributed by atoms with Crippen LogP contribution in [0.3, 0.4) is 0 Å². The molecule has 3 rings (SSSR count). The minimum absolute atomic E-state index is 0.0497. The molecule has 4 heteroatoms. The third kappa shape index (κ3) is 5.33. The Bertz CT molecular complexity index is 866. The summed E-state index contributed by atoms with van der Waals surface area (Å²) in [6, 6.07) is 12.0. The van der Waals surface area contributed by atoms with E-state index >= 15 is 0 Å². The van der Waals surface area contributed by atoms with E-state index in [0.29, 0.717) is 13.2 Å². The number of benzene rings is 1. The minimum atomic E-state index is -0.0497. The van der Waals surface area contributed by atoms with Gasteiger partial charge < -0.3 is 14.2 Å². The van der Waals surface area contributed by atoms with E-state index in [2.05, 4.69) is 35.4 Å². The molecule has 0 fully saturated rings. The van der Waals surface area contributed by atoms with Gasteiger partial charge in [0, 0.05) is 7.11 Å². The van der Waals surface area contributed by atoms with Crippen molar-refractivity contribution in [2.24, 2.45) is 0 Å². The highest BCUT2D eigenvalue weighted by Crippen LogP contribution is 2.19. The summed E-state index contributed by atoms with van der Waals surface area (Å²) in [7, 11) is 1.68. The SMILES string of the molecule is C/C=C(/OCc1ccc(OCc2ccc3c(n2)C=CCC=C3)cc1)C(C)OC.